The Hall–Kier alpha value is -2.51. The first-order valence-corrected chi connectivity index (χ1v) is 6.15. The number of rotatable bonds is 6. The van der Waals surface area contributed by atoms with E-state index in [2.05, 4.69) is 5.32 Å². The van der Waals surface area contributed by atoms with E-state index < -0.39 is 29.5 Å². The van der Waals surface area contributed by atoms with Crippen molar-refractivity contribution in [2.45, 2.75) is 25.7 Å². The zero-order valence-corrected chi connectivity index (χ0v) is 11.0. The van der Waals surface area contributed by atoms with Crippen LogP contribution < -0.4 is 10.6 Å². The van der Waals surface area contributed by atoms with Crippen LogP contribution in [-0.2, 0) is 9.59 Å². The van der Waals surface area contributed by atoms with Crippen molar-refractivity contribution in [1.29, 1.82) is 0 Å². The number of carbonyl (C=O) groups is 3. The summed E-state index contributed by atoms with van der Waals surface area (Å²) in [5, 5.41) is 12.5. The summed E-state index contributed by atoms with van der Waals surface area (Å²) in [7, 11) is 0. The number of amides is 3. The Kier molecular flexibility index (Phi) is 6.25. The van der Waals surface area contributed by atoms with Gasteiger partial charge in [0.2, 0.25) is 5.91 Å². The molecular weight excluding hydrogens is 286 g/mol. The van der Waals surface area contributed by atoms with Gasteiger partial charge in [0, 0.05) is 24.6 Å². The average molecular weight is 300 g/mol. The molecule has 0 unspecified atom stereocenters. The molecule has 0 fully saturated rings. The van der Waals surface area contributed by atoms with Gasteiger partial charge in [0.15, 0.2) is 0 Å². The molecule has 3 N–H and O–H groups in total. The minimum atomic E-state index is -0.957. The van der Waals surface area contributed by atoms with Crippen molar-refractivity contribution in [2.75, 3.05) is 5.32 Å². The lowest BCUT2D eigenvalue weighted by Gasteiger charge is -2.07. The van der Waals surface area contributed by atoms with Gasteiger partial charge in [-0.1, -0.05) is 0 Å². The van der Waals surface area contributed by atoms with E-state index in [9.17, 15) is 23.2 Å². The second-order valence-electron chi connectivity index (χ2n) is 4.26. The molecule has 0 radical (unpaired) electrons. The summed E-state index contributed by atoms with van der Waals surface area (Å²) >= 11 is 0. The van der Waals surface area contributed by atoms with E-state index in [-0.39, 0.29) is 18.5 Å². The molecule has 1 aromatic rings. The van der Waals surface area contributed by atoms with Gasteiger partial charge in [-0.15, -0.1) is 0 Å². The number of halogens is 2. The fraction of sp³-hybridized carbons (Fsp3) is 0.308. The number of hydrogen-bond acceptors (Lipinski definition) is 3. The molecule has 0 saturated heterocycles. The number of urea groups is 1. The van der Waals surface area contributed by atoms with Crippen LogP contribution in [0.1, 0.15) is 25.7 Å². The molecule has 0 spiro atoms. The first kappa shape index (κ1) is 16.5. The molecule has 8 heteroatoms. The number of hydrogen-bond donors (Lipinski definition) is 3. The highest BCUT2D eigenvalue weighted by Gasteiger charge is 2.09. The van der Waals surface area contributed by atoms with E-state index in [1.54, 1.807) is 0 Å². The Morgan fingerprint density at radius 1 is 1.00 bits per heavy atom. The topological polar surface area (TPSA) is 95.5 Å². The third-order valence-electron chi connectivity index (χ3n) is 2.42. The molecule has 0 aliphatic heterocycles. The quantitative estimate of drug-likeness (QED) is 0.702. The van der Waals surface area contributed by atoms with Crippen molar-refractivity contribution < 1.29 is 28.3 Å². The molecule has 21 heavy (non-hydrogen) atoms. The number of carboxylic acids is 1. The van der Waals surface area contributed by atoms with E-state index in [4.69, 9.17) is 5.11 Å². The lowest BCUT2D eigenvalue weighted by Crippen LogP contribution is -2.34. The maximum Gasteiger partial charge on any atom is 0.325 e. The van der Waals surface area contributed by atoms with E-state index in [1.807, 2.05) is 5.32 Å². The van der Waals surface area contributed by atoms with Crippen molar-refractivity contribution in [2.24, 2.45) is 0 Å². The molecule has 0 aliphatic carbocycles. The van der Waals surface area contributed by atoms with E-state index in [1.165, 1.54) is 0 Å². The standard InChI is InChI=1S/C13H14F2N2O4/c14-8-5-9(15)7-10(6-8)16-13(21)17-11(18)3-1-2-4-12(19)20/h5-7H,1-4H2,(H,19,20)(H2,16,17,18,21). The minimum absolute atomic E-state index is 0.0157. The van der Waals surface area contributed by atoms with Crippen LogP contribution in [0.15, 0.2) is 18.2 Å². The zero-order valence-electron chi connectivity index (χ0n) is 11.0. The number of benzene rings is 1. The first-order chi connectivity index (χ1) is 9.86. The Labute approximate surface area is 119 Å². The predicted octanol–water partition coefficient (Wildman–Crippen LogP) is 2.26. The van der Waals surface area contributed by atoms with Gasteiger partial charge in [-0.3, -0.25) is 14.9 Å². The Bertz CT molecular complexity index is 529. The molecule has 0 atom stereocenters. The van der Waals surface area contributed by atoms with Crippen LogP contribution in [-0.4, -0.2) is 23.0 Å². The molecule has 0 heterocycles. The van der Waals surface area contributed by atoms with E-state index >= 15 is 0 Å². The van der Waals surface area contributed by atoms with Crippen LogP contribution in [0.3, 0.4) is 0 Å². The third kappa shape index (κ3) is 7.00. The van der Waals surface area contributed by atoms with Crippen molar-refractivity contribution in [1.82, 2.24) is 5.32 Å². The van der Waals surface area contributed by atoms with Crippen molar-refractivity contribution >= 4 is 23.6 Å². The summed E-state index contributed by atoms with van der Waals surface area (Å²) in [4.78, 5) is 33.0. The molecule has 0 saturated carbocycles. The minimum Gasteiger partial charge on any atom is -0.481 e. The second kappa shape index (κ2) is 7.93. The third-order valence-corrected chi connectivity index (χ3v) is 2.42. The number of carbonyl (C=O) groups excluding carboxylic acids is 2. The summed E-state index contributed by atoms with van der Waals surface area (Å²) in [6.45, 7) is 0. The molecule has 114 valence electrons. The van der Waals surface area contributed by atoms with Crippen molar-refractivity contribution in [3.63, 3.8) is 0 Å². The van der Waals surface area contributed by atoms with Gasteiger partial charge in [0.05, 0.1) is 0 Å². The van der Waals surface area contributed by atoms with Gasteiger partial charge in [0.25, 0.3) is 0 Å². The number of nitrogens with one attached hydrogen (secondary N) is 2. The van der Waals surface area contributed by atoms with E-state index in [0.717, 1.165) is 12.1 Å². The molecule has 0 aromatic heterocycles. The Balaban J connectivity index is 2.35. The maximum absolute atomic E-state index is 12.9. The average Bonchev–Trinajstić information content (AvgIpc) is 2.32. The van der Waals surface area contributed by atoms with Crippen LogP contribution in [0.2, 0.25) is 0 Å². The summed E-state index contributed by atoms with van der Waals surface area (Å²) in [5.74, 6) is -3.27. The highest BCUT2D eigenvalue weighted by Crippen LogP contribution is 2.12. The van der Waals surface area contributed by atoms with Gasteiger partial charge >= 0.3 is 12.0 Å². The number of unbranched alkanes of at least 4 members (excludes halogenated alkanes) is 1. The summed E-state index contributed by atoms with van der Waals surface area (Å²) in [6.07, 6.45) is 0.569. The number of imide groups is 1. The summed E-state index contributed by atoms with van der Waals surface area (Å²) in [6, 6.07) is 1.54. The number of carboxylic acid groups (broad SMARTS) is 1. The molecular formula is C13H14F2N2O4. The molecule has 3 amide bonds. The summed E-state index contributed by atoms with van der Waals surface area (Å²) in [5.41, 5.74) is -0.122. The van der Waals surface area contributed by atoms with Crippen LogP contribution in [0, 0.1) is 11.6 Å². The normalized spacial score (nSPS) is 10.0. The first-order valence-electron chi connectivity index (χ1n) is 6.15. The molecule has 0 bridgehead atoms. The van der Waals surface area contributed by atoms with Gasteiger partial charge in [-0.25, -0.2) is 13.6 Å². The van der Waals surface area contributed by atoms with Crippen molar-refractivity contribution in [3.8, 4) is 0 Å². The molecule has 1 rings (SSSR count). The largest absolute Gasteiger partial charge is 0.481 e. The molecule has 1 aromatic carbocycles. The van der Waals surface area contributed by atoms with Crippen molar-refractivity contribution in [3.05, 3.63) is 29.8 Å². The SMILES string of the molecule is O=C(O)CCCCC(=O)NC(=O)Nc1cc(F)cc(F)c1. The molecule has 6 nitrogen and oxygen atoms in total. The molecule has 0 aliphatic rings. The monoisotopic (exact) mass is 300 g/mol. The Morgan fingerprint density at radius 3 is 2.14 bits per heavy atom. The van der Waals surface area contributed by atoms with Gasteiger partial charge < -0.3 is 10.4 Å². The fourth-order valence-corrected chi connectivity index (χ4v) is 1.54. The zero-order chi connectivity index (χ0) is 15.8. The highest BCUT2D eigenvalue weighted by atomic mass is 19.1. The Morgan fingerprint density at radius 2 is 1.57 bits per heavy atom. The maximum atomic E-state index is 12.9. The van der Waals surface area contributed by atoms with Crippen LogP contribution >= 0.6 is 0 Å². The predicted molar refractivity (Wildman–Crippen MR) is 69.6 cm³/mol. The fourth-order valence-electron chi connectivity index (χ4n) is 1.54. The van der Waals surface area contributed by atoms with Gasteiger partial charge in [-0.05, 0) is 25.0 Å². The number of anilines is 1. The van der Waals surface area contributed by atoms with Gasteiger partial charge in [-0.2, -0.15) is 0 Å². The number of aliphatic carboxylic acids is 1. The second-order valence-corrected chi connectivity index (χ2v) is 4.26. The van der Waals surface area contributed by atoms with E-state index in [0.29, 0.717) is 18.9 Å². The summed E-state index contributed by atoms with van der Waals surface area (Å²) < 4.78 is 25.8. The van der Waals surface area contributed by atoms with Crippen LogP contribution in [0.5, 0.6) is 0 Å². The van der Waals surface area contributed by atoms with Gasteiger partial charge in [0.1, 0.15) is 11.6 Å². The highest BCUT2D eigenvalue weighted by molar-refractivity contribution is 6.01. The van der Waals surface area contributed by atoms with Crippen LogP contribution in [0.25, 0.3) is 0 Å². The van der Waals surface area contributed by atoms with Crippen LogP contribution in [0.4, 0.5) is 19.3 Å². The lowest BCUT2D eigenvalue weighted by molar-refractivity contribution is -0.137. The smallest absolute Gasteiger partial charge is 0.325 e. The lowest BCUT2D eigenvalue weighted by atomic mass is 10.2.